The average Bonchev–Trinajstić information content (AvgIpc) is 2.65. The number of nitrogens with zero attached hydrogens (tertiary/aromatic N) is 1. The summed E-state index contributed by atoms with van der Waals surface area (Å²) in [4.78, 5) is 1.99. The number of phenols is 1. The molecule has 0 bridgehead atoms. The molecule has 0 amide bonds. The van der Waals surface area contributed by atoms with Crippen molar-refractivity contribution in [2.45, 2.75) is 0 Å². The first kappa shape index (κ1) is 10.3. The maximum atomic E-state index is 9.23. The van der Waals surface area contributed by atoms with E-state index in [1.54, 1.807) is 12.1 Å². The summed E-state index contributed by atoms with van der Waals surface area (Å²) in [7, 11) is 0. The van der Waals surface area contributed by atoms with E-state index in [9.17, 15) is 5.11 Å². The fourth-order valence-corrected chi connectivity index (χ4v) is 3.55. The van der Waals surface area contributed by atoms with Gasteiger partial charge in [0.15, 0.2) is 0 Å². The van der Waals surface area contributed by atoms with E-state index in [-0.39, 0.29) is 20.3 Å². The van der Waals surface area contributed by atoms with E-state index in [1.165, 1.54) is 6.07 Å². The number of hydrogen-bond donors (Lipinski definition) is 1. The van der Waals surface area contributed by atoms with Crippen LogP contribution in [0.25, 0.3) is 10.0 Å². The Labute approximate surface area is 98.1 Å². The van der Waals surface area contributed by atoms with Gasteiger partial charge in [-0.1, -0.05) is 0 Å². The molecule has 0 radical (unpaired) electrons. The molecule has 15 heavy (non-hydrogen) atoms. The van der Waals surface area contributed by atoms with Gasteiger partial charge in [-0.05, 0) is 0 Å². The average molecular weight is 283 g/mol. The van der Waals surface area contributed by atoms with Crippen LogP contribution in [0.1, 0.15) is 5.56 Å². The third kappa shape index (κ3) is 1.93. The molecule has 2 nitrogen and oxygen atoms in total. The van der Waals surface area contributed by atoms with Crippen molar-refractivity contribution in [3.63, 3.8) is 0 Å². The summed E-state index contributed by atoms with van der Waals surface area (Å²) in [6.07, 6.45) is 0. The van der Waals surface area contributed by atoms with Crippen molar-refractivity contribution >= 4 is 26.1 Å². The van der Waals surface area contributed by atoms with Crippen LogP contribution in [0.5, 0.6) is 5.75 Å². The van der Waals surface area contributed by atoms with Gasteiger partial charge in [0.2, 0.25) is 0 Å². The number of benzene rings is 1. The summed E-state index contributed by atoms with van der Waals surface area (Å²) in [5.74, 6) is 0.140. The van der Waals surface area contributed by atoms with Gasteiger partial charge in [0.25, 0.3) is 0 Å². The Morgan fingerprint density at radius 1 is 1.33 bits per heavy atom. The van der Waals surface area contributed by atoms with Gasteiger partial charge < -0.3 is 0 Å². The van der Waals surface area contributed by atoms with E-state index in [1.807, 2.05) is 11.0 Å². The summed E-state index contributed by atoms with van der Waals surface area (Å²) in [6, 6.07) is 8.78. The molecule has 1 aromatic heterocycles. The zero-order chi connectivity index (χ0) is 10.8. The van der Waals surface area contributed by atoms with Gasteiger partial charge in [-0.3, -0.25) is 0 Å². The first-order valence-corrected chi connectivity index (χ1v) is 6.41. The molecule has 0 aliphatic heterocycles. The second kappa shape index (κ2) is 4.12. The molecule has 74 valence electrons. The standard InChI is InChI=1S/C11H6ClNOSe/c12-10-5-8(14)1-2-9(10)11-7(6-13)3-4-15-11/h1-5,14H. The second-order valence-electron chi connectivity index (χ2n) is 2.94. The molecular weight excluding hydrogens is 277 g/mol. The van der Waals surface area contributed by atoms with Crippen LogP contribution in [-0.2, 0) is 0 Å². The van der Waals surface area contributed by atoms with Crippen LogP contribution in [0.3, 0.4) is 0 Å². The Balaban J connectivity index is 2.60. The topological polar surface area (TPSA) is 44.0 Å². The van der Waals surface area contributed by atoms with Crippen molar-refractivity contribution in [1.29, 1.82) is 5.26 Å². The Hall–Kier alpha value is -1.20. The molecule has 0 fully saturated rings. The van der Waals surface area contributed by atoms with Crippen molar-refractivity contribution < 1.29 is 5.11 Å². The van der Waals surface area contributed by atoms with Crippen LogP contribution in [0, 0.1) is 11.3 Å². The van der Waals surface area contributed by atoms with Crippen molar-refractivity contribution in [2.75, 3.05) is 0 Å². The van der Waals surface area contributed by atoms with Crippen molar-refractivity contribution in [3.8, 4) is 21.8 Å². The van der Waals surface area contributed by atoms with Crippen LogP contribution in [-0.4, -0.2) is 19.6 Å². The number of halogens is 1. The third-order valence-corrected chi connectivity index (χ3v) is 4.28. The number of hydrogen-bond acceptors (Lipinski definition) is 2. The first-order chi connectivity index (χ1) is 7.22. The summed E-state index contributed by atoms with van der Waals surface area (Å²) < 4.78 is 0.981. The predicted molar refractivity (Wildman–Crippen MR) is 60.2 cm³/mol. The van der Waals surface area contributed by atoms with E-state index in [0.717, 1.165) is 10.0 Å². The number of aromatic hydroxyl groups is 1. The molecule has 2 aromatic rings. The minimum atomic E-state index is 0.140. The van der Waals surface area contributed by atoms with Crippen molar-refractivity contribution in [3.05, 3.63) is 39.8 Å². The monoisotopic (exact) mass is 283 g/mol. The van der Waals surface area contributed by atoms with Gasteiger partial charge in [0, 0.05) is 0 Å². The summed E-state index contributed by atoms with van der Waals surface area (Å²) in [5, 5.41) is 18.6. The molecule has 0 saturated carbocycles. The van der Waals surface area contributed by atoms with Crippen LogP contribution in [0.15, 0.2) is 29.2 Å². The van der Waals surface area contributed by atoms with Crippen molar-refractivity contribution in [1.82, 2.24) is 0 Å². The van der Waals surface area contributed by atoms with Crippen LogP contribution in [0.2, 0.25) is 5.02 Å². The zero-order valence-corrected chi connectivity index (χ0v) is 10.0. The molecule has 0 spiro atoms. The van der Waals surface area contributed by atoms with E-state index >= 15 is 0 Å². The SMILES string of the molecule is N#Cc1cc[se]c1-c1ccc(O)cc1Cl. The Bertz CT molecular complexity index is 542. The number of phenolic OH excluding ortho intramolecular Hbond substituents is 1. The van der Waals surface area contributed by atoms with Crippen LogP contribution < -0.4 is 0 Å². The molecule has 2 rings (SSSR count). The Kier molecular flexibility index (Phi) is 2.83. The Morgan fingerprint density at radius 3 is 2.80 bits per heavy atom. The fraction of sp³-hybridized carbons (Fsp3) is 0. The summed E-state index contributed by atoms with van der Waals surface area (Å²) in [6.45, 7) is 0. The van der Waals surface area contributed by atoms with E-state index in [4.69, 9.17) is 16.9 Å². The molecule has 1 heterocycles. The normalized spacial score (nSPS) is 9.87. The second-order valence-corrected chi connectivity index (χ2v) is 5.27. The fourth-order valence-electron chi connectivity index (χ4n) is 1.29. The predicted octanol–water partition coefficient (Wildman–Crippen LogP) is 2.64. The minimum absolute atomic E-state index is 0.140. The molecule has 1 aromatic carbocycles. The van der Waals surface area contributed by atoms with Gasteiger partial charge in [-0.15, -0.1) is 0 Å². The molecule has 0 unspecified atom stereocenters. The summed E-state index contributed by atoms with van der Waals surface area (Å²) >= 11 is 6.17. The van der Waals surface area contributed by atoms with Gasteiger partial charge >= 0.3 is 98.1 Å². The number of rotatable bonds is 1. The third-order valence-electron chi connectivity index (χ3n) is 1.98. The molecule has 0 saturated heterocycles. The zero-order valence-electron chi connectivity index (χ0n) is 7.57. The molecule has 4 heteroatoms. The maximum absolute atomic E-state index is 9.23. The van der Waals surface area contributed by atoms with E-state index in [0.29, 0.717) is 10.6 Å². The van der Waals surface area contributed by atoms with Crippen LogP contribution >= 0.6 is 11.6 Å². The van der Waals surface area contributed by atoms with Gasteiger partial charge in [-0.25, -0.2) is 0 Å². The van der Waals surface area contributed by atoms with Gasteiger partial charge in [0.05, 0.1) is 0 Å². The Morgan fingerprint density at radius 2 is 2.13 bits per heavy atom. The molecule has 0 aliphatic carbocycles. The first-order valence-electron chi connectivity index (χ1n) is 4.19. The summed E-state index contributed by atoms with van der Waals surface area (Å²) in [5.41, 5.74) is 1.51. The molecule has 0 atom stereocenters. The van der Waals surface area contributed by atoms with E-state index in [2.05, 4.69) is 6.07 Å². The molecule has 0 aliphatic rings. The van der Waals surface area contributed by atoms with Crippen LogP contribution in [0.4, 0.5) is 0 Å². The van der Waals surface area contributed by atoms with Crippen molar-refractivity contribution in [2.24, 2.45) is 0 Å². The molecule has 1 N–H and O–H groups in total. The molecular formula is C11H6ClNOSe. The van der Waals surface area contributed by atoms with Gasteiger partial charge in [0.1, 0.15) is 0 Å². The van der Waals surface area contributed by atoms with E-state index < -0.39 is 0 Å². The number of nitriles is 1. The van der Waals surface area contributed by atoms with Gasteiger partial charge in [-0.2, -0.15) is 0 Å². The quantitative estimate of drug-likeness (QED) is 0.817.